The Balaban J connectivity index is 1.32. The standard InChI is InChI=1S/C31H28ClN5O5S/c1-42-28-7-2-3-8-29(28)43(40,41)35-17-15-34(16-18-35)21-27-31(22-9-12-26(13-10-22)37(38)39)33-30-14-11-24(20-36(27)30)23-5-4-6-25(32)19-23/h2-14,19-20H,15-18,21H2,1H3. The molecular formula is C31H28ClN5O5S. The van der Waals surface area contributed by atoms with E-state index in [2.05, 4.69) is 4.90 Å². The smallest absolute Gasteiger partial charge is 0.269 e. The fourth-order valence-corrected chi connectivity index (χ4v) is 7.13. The zero-order valence-corrected chi connectivity index (χ0v) is 24.8. The van der Waals surface area contributed by atoms with Crippen molar-refractivity contribution in [3.8, 4) is 28.1 Å². The van der Waals surface area contributed by atoms with Gasteiger partial charge in [0.15, 0.2) is 0 Å². The first-order valence-electron chi connectivity index (χ1n) is 13.6. The molecule has 3 aromatic carbocycles. The highest BCUT2D eigenvalue weighted by atomic mass is 35.5. The van der Waals surface area contributed by atoms with Crippen molar-refractivity contribution >= 4 is 33.0 Å². The number of non-ortho nitro benzene ring substituents is 1. The van der Waals surface area contributed by atoms with E-state index in [0.29, 0.717) is 49.2 Å². The van der Waals surface area contributed by atoms with Crippen molar-refractivity contribution in [2.45, 2.75) is 11.4 Å². The molecule has 0 radical (unpaired) electrons. The van der Waals surface area contributed by atoms with E-state index in [9.17, 15) is 18.5 Å². The molecule has 5 aromatic rings. The van der Waals surface area contributed by atoms with Crippen LogP contribution in [-0.2, 0) is 16.6 Å². The van der Waals surface area contributed by atoms with E-state index in [0.717, 1.165) is 28.0 Å². The SMILES string of the molecule is COc1ccccc1S(=O)(=O)N1CCN(Cc2c(-c3ccc([N+](=O)[O-])cc3)nc3ccc(-c4cccc(Cl)c4)cn23)CC1. The van der Waals surface area contributed by atoms with Crippen LogP contribution in [0.1, 0.15) is 5.69 Å². The quantitative estimate of drug-likeness (QED) is 0.161. The second kappa shape index (κ2) is 11.8. The molecule has 3 heterocycles. The molecule has 1 aliphatic heterocycles. The molecule has 10 nitrogen and oxygen atoms in total. The van der Waals surface area contributed by atoms with Gasteiger partial charge in [-0.3, -0.25) is 15.0 Å². The van der Waals surface area contributed by atoms with Crippen LogP contribution >= 0.6 is 11.6 Å². The second-order valence-corrected chi connectivity index (χ2v) is 12.5. The predicted molar refractivity (Wildman–Crippen MR) is 165 cm³/mol. The van der Waals surface area contributed by atoms with Crippen molar-refractivity contribution in [3.05, 3.63) is 112 Å². The van der Waals surface area contributed by atoms with Crippen LogP contribution in [0.4, 0.5) is 5.69 Å². The lowest BCUT2D eigenvalue weighted by atomic mass is 10.1. The molecule has 0 aliphatic carbocycles. The highest BCUT2D eigenvalue weighted by Gasteiger charge is 2.31. The summed E-state index contributed by atoms with van der Waals surface area (Å²) in [5, 5.41) is 11.9. The Morgan fingerprint density at radius 3 is 2.33 bits per heavy atom. The number of benzene rings is 3. The topological polar surface area (TPSA) is 110 Å². The molecule has 1 saturated heterocycles. The van der Waals surface area contributed by atoms with Gasteiger partial charge in [0.1, 0.15) is 16.3 Å². The number of nitrogens with zero attached hydrogens (tertiary/aromatic N) is 5. The molecule has 6 rings (SSSR count). The maximum Gasteiger partial charge on any atom is 0.269 e. The van der Waals surface area contributed by atoms with Crippen LogP contribution in [0.2, 0.25) is 5.02 Å². The first-order chi connectivity index (χ1) is 20.7. The number of rotatable bonds is 8. The highest BCUT2D eigenvalue weighted by Crippen LogP contribution is 2.31. The van der Waals surface area contributed by atoms with Crippen LogP contribution in [0.15, 0.2) is 96.0 Å². The fourth-order valence-electron chi connectivity index (χ4n) is 5.37. The minimum Gasteiger partial charge on any atom is -0.495 e. The first-order valence-corrected chi connectivity index (χ1v) is 15.4. The summed E-state index contributed by atoms with van der Waals surface area (Å²) in [7, 11) is -2.27. The van der Waals surface area contributed by atoms with Gasteiger partial charge in [0.2, 0.25) is 10.0 Å². The monoisotopic (exact) mass is 617 g/mol. The van der Waals surface area contributed by atoms with Crippen LogP contribution in [0, 0.1) is 10.1 Å². The number of aromatic nitrogens is 2. The van der Waals surface area contributed by atoms with Gasteiger partial charge in [-0.1, -0.05) is 35.9 Å². The predicted octanol–water partition coefficient (Wildman–Crippen LogP) is 5.75. The number of hydrogen-bond donors (Lipinski definition) is 0. The van der Waals surface area contributed by atoms with Gasteiger partial charge in [0.05, 0.1) is 23.4 Å². The van der Waals surface area contributed by atoms with Crippen molar-refractivity contribution in [1.82, 2.24) is 18.6 Å². The summed E-state index contributed by atoms with van der Waals surface area (Å²) in [6, 6.07) is 24.5. The lowest BCUT2D eigenvalue weighted by molar-refractivity contribution is -0.384. The fraction of sp³-hybridized carbons (Fsp3) is 0.194. The van der Waals surface area contributed by atoms with Gasteiger partial charge in [-0.15, -0.1) is 0 Å². The first kappa shape index (κ1) is 28.8. The van der Waals surface area contributed by atoms with Crippen LogP contribution in [0.25, 0.3) is 28.0 Å². The van der Waals surface area contributed by atoms with Crippen molar-refractivity contribution in [3.63, 3.8) is 0 Å². The molecule has 1 aliphatic rings. The molecule has 0 atom stereocenters. The lowest BCUT2D eigenvalue weighted by Crippen LogP contribution is -2.48. The minimum absolute atomic E-state index is 0.00434. The van der Waals surface area contributed by atoms with Crippen LogP contribution in [0.5, 0.6) is 5.75 Å². The van der Waals surface area contributed by atoms with Crippen molar-refractivity contribution < 1.29 is 18.1 Å². The summed E-state index contributed by atoms with van der Waals surface area (Å²) in [5.74, 6) is 0.318. The van der Waals surface area contributed by atoms with Crippen LogP contribution < -0.4 is 4.74 Å². The van der Waals surface area contributed by atoms with Gasteiger partial charge in [0.25, 0.3) is 5.69 Å². The van der Waals surface area contributed by atoms with E-state index in [-0.39, 0.29) is 10.6 Å². The number of fused-ring (bicyclic) bond motifs is 1. The van der Waals surface area contributed by atoms with Crippen molar-refractivity contribution in [2.75, 3.05) is 33.3 Å². The maximum atomic E-state index is 13.4. The number of nitro benzene ring substituents is 1. The number of nitro groups is 1. The number of sulfonamides is 1. The number of pyridine rings is 1. The molecule has 0 N–H and O–H groups in total. The third kappa shape index (κ3) is 5.72. The average Bonchev–Trinajstić information content (AvgIpc) is 3.38. The Hall–Kier alpha value is -4.29. The number of hydrogen-bond acceptors (Lipinski definition) is 7. The van der Waals surface area contributed by atoms with Gasteiger partial charge in [-0.05, 0) is 59.7 Å². The van der Waals surface area contributed by atoms with Crippen LogP contribution in [0.3, 0.4) is 0 Å². The summed E-state index contributed by atoms with van der Waals surface area (Å²) in [5.41, 5.74) is 5.01. The third-order valence-corrected chi connectivity index (χ3v) is 9.79. The molecule has 2 aromatic heterocycles. The molecule has 0 bridgehead atoms. The van der Waals surface area contributed by atoms with Crippen LogP contribution in [-0.4, -0.2) is 65.2 Å². The zero-order valence-electron chi connectivity index (χ0n) is 23.3. The van der Waals surface area contributed by atoms with Crippen molar-refractivity contribution in [2.24, 2.45) is 0 Å². The Kier molecular flexibility index (Phi) is 7.89. The Labute approximate surface area is 253 Å². The maximum absolute atomic E-state index is 13.4. The number of ether oxygens (including phenoxy) is 1. The number of imidazole rings is 1. The second-order valence-electron chi connectivity index (χ2n) is 10.2. The summed E-state index contributed by atoms with van der Waals surface area (Å²) in [6.45, 7) is 2.15. The van der Waals surface area contributed by atoms with E-state index < -0.39 is 14.9 Å². The summed E-state index contributed by atoms with van der Waals surface area (Å²) in [4.78, 5) is 18.1. The van der Waals surface area contributed by atoms with Crippen molar-refractivity contribution in [1.29, 1.82) is 0 Å². The summed E-state index contributed by atoms with van der Waals surface area (Å²) < 4.78 is 35.7. The number of methoxy groups -OCH3 is 1. The van der Waals surface area contributed by atoms with E-state index >= 15 is 0 Å². The molecular weight excluding hydrogens is 590 g/mol. The van der Waals surface area contributed by atoms with E-state index in [1.54, 1.807) is 36.4 Å². The van der Waals surface area contributed by atoms with E-state index in [1.807, 2.05) is 47.0 Å². The van der Waals surface area contributed by atoms with Gasteiger partial charge >= 0.3 is 0 Å². The van der Waals surface area contributed by atoms with Gasteiger partial charge in [0, 0.05) is 61.6 Å². The largest absolute Gasteiger partial charge is 0.495 e. The van der Waals surface area contributed by atoms with E-state index in [4.69, 9.17) is 21.3 Å². The van der Waals surface area contributed by atoms with E-state index in [1.165, 1.54) is 23.5 Å². The molecule has 220 valence electrons. The Morgan fingerprint density at radius 2 is 1.63 bits per heavy atom. The number of halogens is 1. The summed E-state index contributed by atoms with van der Waals surface area (Å²) in [6.07, 6.45) is 2.01. The minimum atomic E-state index is -3.73. The normalized spacial score (nSPS) is 14.7. The third-order valence-electron chi connectivity index (χ3n) is 7.62. The molecule has 12 heteroatoms. The molecule has 0 saturated carbocycles. The zero-order chi connectivity index (χ0) is 30.1. The Morgan fingerprint density at radius 1 is 0.907 bits per heavy atom. The lowest BCUT2D eigenvalue weighted by Gasteiger charge is -2.34. The molecule has 0 amide bonds. The van der Waals surface area contributed by atoms with Gasteiger partial charge in [-0.25, -0.2) is 13.4 Å². The number of piperazine rings is 1. The highest BCUT2D eigenvalue weighted by molar-refractivity contribution is 7.89. The number of para-hydroxylation sites is 1. The van der Waals surface area contributed by atoms with Gasteiger partial charge < -0.3 is 9.14 Å². The average molecular weight is 618 g/mol. The molecule has 0 spiro atoms. The molecule has 43 heavy (non-hydrogen) atoms. The van der Waals surface area contributed by atoms with Gasteiger partial charge in [-0.2, -0.15) is 4.31 Å². The molecule has 1 fully saturated rings. The summed E-state index contributed by atoms with van der Waals surface area (Å²) >= 11 is 6.26. The Bertz CT molecular complexity index is 1920. The molecule has 0 unspecified atom stereocenters.